The molecule has 1 heterocycles. The number of nitrogens with two attached hydrogens (primary N) is 1. The van der Waals surface area contributed by atoms with Gasteiger partial charge in [0.2, 0.25) is 0 Å². The Labute approximate surface area is 101 Å². The molecule has 2 atom stereocenters. The fraction of sp³-hybridized carbons (Fsp3) is 0.538. The van der Waals surface area contributed by atoms with Crippen molar-refractivity contribution in [2.75, 3.05) is 13.2 Å². The number of rotatable bonds is 3. The molecule has 2 rings (SSSR count). The summed E-state index contributed by atoms with van der Waals surface area (Å²) in [5.74, 6) is 5.72. The van der Waals surface area contributed by atoms with Crippen molar-refractivity contribution in [3.8, 4) is 0 Å². The number of benzene rings is 1. The van der Waals surface area contributed by atoms with Crippen molar-refractivity contribution >= 4 is 0 Å². The topological polar surface area (TPSA) is 47.3 Å². The molecule has 3 nitrogen and oxygen atoms in total. The summed E-state index contributed by atoms with van der Waals surface area (Å²) in [5.41, 5.74) is 4.80. The largest absolute Gasteiger partial charge is 0.381 e. The standard InChI is InChI=1S/C13H19FN2O/c1-9-4-5-11(14)7-12(9)13(16-15)10-3-2-6-17-8-10/h4-5,7,10,13,16H,2-3,6,8,15H2,1H3. The summed E-state index contributed by atoms with van der Waals surface area (Å²) in [6, 6.07) is 4.79. The number of hydrogen-bond donors (Lipinski definition) is 2. The van der Waals surface area contributed by atoms with E-state index in [9.17, 15) is 4.39 Å². The molecular formula is C13H19FN2O. The molecule has 1 saturated heterocycles. The van der Waals surface area contributed by atoms with Gasteiger partial charge in [0.25, 0.3) is 0 Å². The van der Waals surface area contributed by atoms with Crippen molar-refractivity contribution in [1.29, 1.82) is 0 Å². The lowest BCUT2D eigenvalue weighted by Gasteiger charge is -2.30. The van der Waals surface area contributed by atoms with Gasteiger partial charge in [-0.2, -0.15) is 0 Å². The predicted octanol–water partition coefficient (Wildman–Crippen LogP) is 2.07. The zero-order chi connectivity index (χ0) is 12.3. The zero-order valence-corrected chi connectivity index (χ0v) is 10.1. The number of ether oxygens (including phenoxy) is 1. The minimum Gasteiger partial charge on any atom is -0.381 e. The zero-order valence-electron chi connectivity index (χ0n) is 10.1. The molecule has 1 aromatic carbocycles. The van der Waals surface area contributed by atoms with Gasteiger partial charge in [-0.05, 0) is 43.0 Å². The van der Waals surface area contributed by atoms with E-state index in [1.54, 1.807) is 12.1 Å². The van der Waals surface area contributed by atoms with E-state index in [4.69, 9.17) is 10.6 Å². The molecule has 1 aliphatic heterocycles. The molecule has 4 heteroatoms. The highest BCUT2D eigenvalue weighted by molar-refractivity contribution is 5.30. The maximum absolute atomic E-state index is 13.3. The first kappa shape index (κ1) is 12.5. The SMILES string of the molecule is Cc1ccc(F)cc1C(NN)C1CCCOC1. The molecule has 3 N–H and O–H groups in total. The smallest absolute Gasteiger partial charge is 0.123 e. The number of hydrogen-bond acceptors (Lipinski definition) is 3. The van der Waals surface area contributed by atoms with Gasteiger partial charge < -0.3 is 4.74 Å². The first-order chi connectivity index (χ1) is 8.22. The monoisotopic (exact) mass is 238 g/mol. The van der Waals surface area contributed by atoms with Crippen LogP contribution in [0, 0.1) is 18.7 Å². The molecule has 94 valence electrons. The van der Waals surface area contributed by atoms with Gasteiger partial charge >= 0.3 is 0 Å². The molecule has 1 aromatic rings. The fourth-order valence-electron chi connectivity index (χ4n) is 2.45. The van der Waals surface area contributed by atoms with Crippen LogP contribution in [0.5, 0.6) is 0 Å². The maximum atomic E-state index is 13.3. The van der Waals surface area contributed by atoms with Crippen LogP contribution in [-0.2, 0) is 4.74 Å². The normalized spacial score (nSPS) is 22.4. The Morgan fingerprint density at radius 3 is 3.00 bits per heavy atom. The van der Waals surface area contributed by atoms with Crippen LogP contribution in [0.25, 0.3) is 0 Å². The van der Waals surface area contributed by atoms with E-state index in [2.05, 4.69) is 5.43 Å². The summed E-state index contributed by atoms with van der Waals surface area (Å²) in [7, 11) is 0. The Bertz CT molecular complexity index is 378. The van der Waals surface area contributed by atoms with E-state index in [-0.39, 0.29) is 11.9 Å². The molecule has 0 aliphatic carbocycles. The molecule has 2 unspecified atom stereocenters. The Balaban J connectivity index is 2.24. The first-order valence-corrected chi connectivity index (χ1v) is 6.02. The lowest BCUT2D eigenvalue weighted by Crippen LogP contribution is -2.37. The highest BCUT2D eigenvalue weighted by atomic mass is 19.1. The minimum absolute atomic E-state index is 0.0361. The summed E-state index contributed by atoms with van der Waals surface area (Å²) in [4.78, 5) is 0. The molecule has 0 aromatic heterocycles. The average molecular weight is 238 g/mol. The molecule has 0 amide bonds. The molecule has 1 fully saturated rings. The van der Waals surface area contributed by atoms with Crippen LogP contribution in [0.4, 0.5) is 4.39 Å². The van der Waals surface area contributed by atoms with Crippen molar-refractivity contribution in [2.24, 2.45) is 11.8 Å². The summed E-state index contributed by atoms with van der Waals surface area (Å²) >= 11 is 0. The highest BCUT2D eigenvalue weighted by Gasteiger charge is 2.26. The van der Waals surface area contributed by atoms with Crippen LogP contribution >= 0.6 is 0 Å². The van der Waals surface area contributed by atoms with Gasteiger partial charge in [0.05, 0.1) is 12.6 Å². The van der Waals surface area contributed by atoms with Crippen molar-refractivity contribution in [1.82, 2.24) is 5.43 Å². The Kier molecular flexibility index (Phi) is 4.10. The Morgan fingerprint density at radius 2 is 2.35 bits per heavy atom. The molecule has 0 radical (unpaired) electrons. The van der Waals surface area contributed by atoms with Gasteiger partial charge in [-0.3, -0.25) is 11.3 Å². The van der Waals surface area contributed by atoms with Crippen LogP contribution in [-0.4, -0.2) is 13.2 Å². The second kappa shape index (κ2) is 5.58. The number of nitrogens with one attached hydrogen (secondary N) is 1. The second-order valence-electron chi connectivity index (χ2n) is 4.62. The van der Waals surface area contributed by atoms with Crippen molar-refractivity contribution in [3.05, 3.63) is 35.1 Å². The molecule has 1 aliphatic rings. The van der Waals surface area contributed by atoms with E-state index in [0.717, 1.165) is 30.6 Å². The quantitative estimate of drug-likeness (QED) is 0.626. The molecule has 0 spiro atoms. The molecular weight excluding hydrogens is 219 g/mol. The summed E-state index contributed by atoms with van der Waals surface area (Å²) < 4.78 is 18.8. The van der Waals surface area contributed by atoms with Gasteiger partial charge in [0, 0.05) is 12.5 Å². The van der Waals surface area contributed by atoms with Crippen molar-refractivity contribution < 1.29 is 9.13 Å². The highest BCUT2D eigenvalue weighted by Crippen LogP contribution is 2.30. The van der Waals surface area contributed by atoms with E-state index >= 15 is 0 Å². The summed E-state index contributed by atoms with van der Waals surface area (Å²) in [6.45, 7) is 3.48. The van der Waals surface area contributed by atoms with E-state index in [0.29, 0.717) is 12.5 Å². The van der Waals surface area contributed by atoms with Crippen LogP contribution in [0.3, 0.4) is 0 Å². The van der Waals surface area contributed by atoms with E-state index in [1.165, 1.54) is 6.07 Å². The van der Waals surface area contributed by atoms with E-state index in [1.807, 2.05) is 6.92 Å². The summed E-state index contributed by atoms with van der Waals surface area (Å²) in [5, 5.41) is 0. The molecule has 0 bridgehead atoms. The van der Waals surface area contributed by atoms with Crippen LogP contribution in [0.2, 0.25) is 0 Å². The second-order valence-corrected chi connectivity index (χ2v) is 4.62. The van der Waals surface area contributed by atoms with Crippen molar-refractivity contribution in [3.63, 3.8) is 0 Å². The number of halogens is 1. The lowest BCUT2D eigenvalue weighted by atomic mass is 9.87. The van der Waals surface area contributed by atoms with Crippen LogP contribution in [0.1, 0.15) is 30.0 Å². The fourth-order valence-corrected chi connectivity index (χ4v) is 2.45. The van der Waals surface area contributed by atoms with Gasteiger partial charge in [-0.15, -0.1) is 0 Å². The van der Waals surface area contributed by atoms with Crippen LogP contribution < -0.4 is 11.3 Å². The Morgan fingerprint density at radius 1 is 1.53 bits per heavy atom. The third-order valence-corrected chi connectivity index (χ3v) is 3.42. The van der Waals surface area contributed by atoms with Crippen LogP contribution in [0.15, 0.2) is 18.2 Å². The van der Waals surface area contributed by atoms with Gasteiger partial charge in [0.1, 0.15) is 5.82 Å². The number of hydrazine groups is 1. The average Bonchev–Trinajstić information content (AvgIpc) is 2.36. The van der Waals surface area contributed by atoms with E-state index < -0.39 is 0 Å². The lowest BCUT2D eigenvalue weighted by molar-refractivity contribution is 0.0389. The third kappa shape index (κ3) is 2.83. The van der Waals surface area contributed by atoms with Gasteiger partial charge in [-0.25, -0.2) is 4.39 Å². The molecule has 17 heavy (non-hydrogen) atoms. The third-order valence-electron chi connectivity index (χ3n) is 3.42. The minimum atomic E-state index is -0.220. The van der Waals surface area contributed by atoms with Gasteiger partial charge in [-0.1, -0.05) is 6.07 Å². The first-order valence-electron chi connectivity index (χ1n) is 6.02. The van der Waals surface area contributed by atoms with Crippen molar-refractivity contribution in [2.45, 2.75) is 25.8 Å². The maximum Gasteiger partial charge on any atom is 0.123 e. The van der Waals surface area contributed by atoms with Gasteiger partial charge in [0.15, 0.2) is 0 Å². The summed E-state index contributed by atoms with van der Waals surface area (Å²) in [6.07, 6.45) is 2.10. The molecule has 0 saturated carbocycles. The Hall–Kier alpha value is -0.970. The number of aryl methyl sites for hydroxylation is 1. The predicted molar refractivity (Wildman–Crippen MR) is 64.7 cm³/mol.